The van der Waals surface area contributed by atoms with E-state index >= 15 is 0 Å². The van der Waals surface area contributed by atoms with Crippen LogP contribution in [0.15, 0.2) is 21.1 Å². The van der Waals surface area contributed by atoms with E-state index in [0.717, 1.165) is 36.9 Å². The lowest BCUT2D eigenvalue weighted by Crippen LogP contribution is -2.37. The predicted octanol–water partition coefficient (Wildman–Crippen LogP) is 3.46. The van der Waals surface area contributed by atoms with Gasteiger partial charge < -0.3 is 15.1 Å². The number of aliphatic imine (C=N–C) groups is 1. The summed E-state index contributed by atoms with van der Waals surface area (Å²) in [4.78, 5) is 8.87. The Balaban J connectivity index is 0.00000242. The van der Waals surface area contributed by atoms with E-state index in [1.165, 1.54) is 19.3 Å². The van der Waals surface area contributed by atoms with Crippen molar-refractivity contribution in [2.45, 2.75) is 53.0 Å². The molecule has 1 aromatic heterocycles. The maximum absolute atomic E-state index is 5.55. The highest BCUT2D eigenvalue weighted by Gasteiger charge is 2.06. The largest absolute Gasteiger partial charge is 0.444 e. The van der Waals surface area contributed by atoms with Gasteiger partial charge in [0, 0.05) is 13.1 Å². The van der Waals surface area contributed by atoms with Crippen LogP contribution in [0, 0.1) is 13.8 Å². The Kier molecular flexibility index (Phi) is 8.52. The Labute approximate surface area is 150 Å². The first-order valence-corrected chi connectivity index (χ1v) is 7.82. The number of nitrogens with zero attached hydrogens (tertiary/aromatic N) is 2. The van der Waals surface area contributed by atoms with E-state index in [-0.39, 0.29) is 24.0 Å². The minimum absolute atomic E-state index is 0. The normalized spacial score (nSPS) is 14.5. The molecule has 2 N–H and O–H groups in total. The molecule has 0 aliphatic heterocycles. The van der Waals surface area contributed by atoms with Gasteiger partial charge >= 0.3 is 0 Å². The molecule has 1 aromatic rings. The summed E-state index contributed by atoms with van der Waals surface area (Å²) in [7, 11) is 0. The van der Waals surface area contributed by atoms with Crippen LogP contribution in [0.1, 0.15) is 50.0 Å². The first kappa shape index (κ1) is 19.0. The second-order valence-corrected chi connectivity index (χ2v) is 5.38. The van der Waals surface area contributed by atoms with Crippen molar-refractivity contribution in [3.05, 3.63) is 29.0 Å². The second-order valence-electron chi connectivity index (χ2n) is 5.38. The summed E-state index contributed by atoms with van der Waals surface area (Å²) in [5, 5.41) is 6.62. The third-order valence-electron chi connectivity index (χ3n) is 3.66. The van der Waals surface area contributed by atoms with Gasteiger partial charge in [-0.25, -0.2) is 9.98 Å². The molecule has 0 aromatic carbocycles. The summed E-state index contributed by atoms with van der Waals surface area (Å²) in [5.41, 5.74) is 2.50. The minimum Gasteiger partial charge on any atom is -0.444 e. The molecule has 0 spiro atoms. The van der Waals surface area contributed by atoms with Gasteiger partial charge in [0.15, 0.2) is 5.96 Å². The van der Waals surface area contributed by atoms with Crippen LogP contribution in [0.25, 0.3) is 0 Å². The number of oxazole rings is 1. The highest BCUT2D eigenvalue weighted by atomic mass is 127. The summed E-state index contributed by atoms with van der Waals surface area (Å²) in [6, 6.07) is 0. The maximum Gasteiger partial charge on any atom is 0.216 e. The molecule has 0 atom stereocenters. The lowest BCUT2D eigenvalue weighted by atomic mass is 10.2. The van der Waals surface area contributed by atoms with E-state index in [1.54, 1.807) is 5.57 Å². The first-order valence-electron chi connectivity index (χ1n) is 7.82. The van der Waals surface area contributed by atoms with Gasteiger partial charge in [-0.2, -0.15) is 0 Å². The van der Waals surface area contributed by atoms with Crippen molar-refractivity contribution < 1.29 is 4.42 Å². The predicted molar refractivity (Wildman–Crippen MR) is 101 cm³/mol. The summed E-state index contributed by atoms with van der Waals surface area (Å²) < 4.78 is 5.55. The van der Waals surface area contributed by atoms with Gasteiger partial charge in [-0.05, 0) is 46.5 Å². The Morgan fingerprint density at radius 1 is 1.36 bits per heavy atom. The molecule has 6 heteroatoms. The molecular weight excluding hydrogens is 391 g/mol. The lowest BCUT2D eigenvalue weighted by molar-refractivity contribution is 0.473. The van der Waals surface area contributed by atoms with Gasteiger partial charge in [-0.3, -0.25) is 0 Å². The molecule has 0 radical (unpaired) electrons. The fourth-order valence-corrected chi connectivity index (χ4v) is 2.40. The number of aromatic nitrogens is 1. The molecule has 0 bridgehead atoms. The average molecular weight is 418 g/mol. The average Bonchev–Trinajstić information content (AvgIpc) is 3.07. The molecule has 2 rings (SSSR count). The highest BCUT2D eigenvalue weighted by Crippen LogP contribution is 2.19. The number of halogens is 1. The Morgan fingerprint density at radius 3 is 2.77 bits per heavy atom. The monoisotopic (exact) mass is 418 g/mol. The second kappa shape index (κ2) is 9.86. The van der Waals surface area contributed by atoms with E-state index in [0.29, 0.717) is 12.4 Å². The number of nitrogens with one attached hydrogen (secondary N) is 2. The quantitative estimate of drug-likeness (QED) is 0.322. The molecule has 0 amide bonds. The topological polar surface area (TPSA) is 62.5 Å². The molecule has 1 heterocycles. The molecule has 0 fully saturated rings. The van der Waals surface area contributed by atoms with Crippen LogP contribution in [-0.2, 0) is 6.54 Å². The van der Waals surface area contributed by atoms with Crippen molar-refractivity contribution in [1.82, 2.24) is 15.6 Å². The smallest absolute Gasteiger partial charge is 0.216 e. The third-order valence-corrected chi connectivity index (χ3v) is 3.66. The zero-order valence-corrected chi connectivity index (χ0v) is 16.1. The van der Waals surface area contributed by atoms with Crippen molar-refractivity contribution >= 4 is 29.9 Å². The molecule has 1 aliphatic carbocycles. The Morgan fingerprint density at radius 2 is 2.18 bits per heavy atom. The lowest BCUT2D eigenvalue weighted by Gasteiger charge is -2.11. The van der Waals surface area contributed by atoms with Gasteiger partial charge in [-0.1, -0.05) is 11.6 Å². The van der Waals surface area contributed by atoms with Crippen molar-refractivity contribution in [3.8, 4) is 0 Å². The standard InChI is InChI=1S/C16H26N4O.HI/c1-4-17-16(18-10-9-14-7-5-6-8-14)19-11-15-20-12(2)13(3)21-15;/h7H,4-6,8-11H2,1-3H3,(H2,17,18,19);1H. The molecule has 5 nitrogen and oxygen atoms in total. The van der Waals surface area contributed by atoms with Crippen molar-refractivity contribution in [3.63, 3.8) is 0 Å². The van der Waals surface area contributed by atoms with Crippen LogP contribution in [0.5, 0.6) is 0 Å². The van der Waals surface area contributed by atoms with Gasteiger partial charge in [0.2, 0.25) is 5.89 Å². The van der Waals surface area contributed by atoms with Crippen LogP contribution in [-0.4, -0.2) is 24.0 Å². The first-order chi connectivity index (χ1) is 10.2. The van der Waals surface area contributed by atoms with E-state index in [4.69, 9.17) is 4.42 Å². The summed E-state index contributed by atoms with van der Waals surface area (Å²) in [6.45, 7) is 8.17. The number of aryl methyl sites for hydroxylation is 2. The van der Waals surface area contributed by atoms with Crippen LogP contribution >= 0.6 is 24.0 Å². The van der Waals surface area contributed by atoms with Crippen LogP contribution in [0.3, 0.4) is 0 Å². The van der Waals surface area contributed by atoms with Crippen molar-refractivity contribution in [2.75, 3.05) is 13.1 Å². The zero-order valence-electron chi connectivity index (χ0n) is 13.7. The number of hydrogen-bond donors (Lipinski definition) is 2. The molecule has 0 unspecified atom stereocenters. The van der Waals surface area contributed by atoms with Gasteiger partial charge in [-0.15, -0.1) is 24.0 Å². The minimum atomic E-state index is 0. The fourth-order valence-electron chi connectivity index (χ4n) is 2.40. The summed E-state index contributed by atoms with van der Waals surface area (Å²) in [5.74, 6) is 2.36. The molecular formula is C16H27IN4O. The molecule has 124 valence electrons. The number of rotatable bonds is 6. The Hall–Kier alpha value is -1.05. The summed E-state index contributed by atoms with van der Waals surface area (Å²) in [6.07, 6.45) is 7.27. The summed E-state index contributed by atoms with van der Waals surface area (Å²) >= 11 is 0. The highest BCUT2D eigenvalue weighted by molar-refractivity contribution is 14.0. The number of guanidine groups is 1. The van der Waals surface area contributed by atoms with Gasteiger partial charge in [0.05, 0.1) is 5.69 Å². The fraction of sp³-hybridized carbons (Fsp3) is 0.625. The van der Waals surface area contributed by atoms with Gasteiger partial charge in [0.1, 0.15) is 12.3 Å². The SMILES string of the molecule is CCNC(=NCc1nc(C)c(C)o1)NCCC1=CCCC1.I. The van der Waals surface area contributed by atoms with E-state index in [2.05, 4.69) is 33.6 Å². The van der Waals surface area contributed by atoms with Crippen LogP contribution in [0.4, 0.5) is 0 Å². The third kappa shape index (κ3) is 5.98. The zero-order chi connectivity index (χ0) is 15.1. The van der Waals surface area contributed by atoms with Crippen LogP contribution < -0.4 is 10.6 Å². The van der Waals surface area contributed by atoms with E-state index in [1.807, 2.05) is 13.8 Å². The molecule has 22 heavy (non-hydrogen) atoms. The van der Waals surface area contributed by atoms with E-state index in [9.17, 15) is 0 Å². The van der Waals surface area contributed by atoms with E-state index < -0.39 is 0 Å². The molecule has 0 saturated carbocycles. The van der Waals surface area contributed by atoms with Crippen molar-refractivity contribution in [2.24, 2.45) is 4.99 Å². The number of allylic oxidation sites excluding steroid dienone is 1. The van der Waals surface area contributed by atoms with Crippen LogP contribution in [0.2, 0.25) is 0 Å². The van der Waals surface area contributed by atoms with Crippen molar-refractivity contribution in [1.29, 1.82) is 0 Å². The molecule has 1 aliphatic rings. The maximum atomic E-state index is 5.55. The number of hydrogen-bond acceptors (Lipinski definition) is 3. The van der Waals surface area contributed by atoms with Gasteiger partial charge in [0.25, 0.3) is 0 Å². The Bertz CT molecular complexity index is 503. The molecule has 0 saturated heterocycles.